The second kappa shape index (κ2) is 7.46. The van der Waals surface area contributed by atoms with Gasteiger partial charge in [-0.3, -0.25) is 4.90 Å². The van der Waals surface area contributed by atoms with Crippen molar-refractivity contribution in [1.29, 1.82) is 0 Å². The molecule has 0 amide bonds. The first-order chi connectivity index (χ1) is 8.83. The van der Waals surface area contributed by atoms with Crippen LogP contribution >= 0.6 is 0 Å². The topological polar surface area (TPSA) is 24.5 Å². The third-order valence-corrected chi connectivity index (χ3v) is 4.17. The second-order valence-corrected chi connectivity index (χ2v) is 5.84. The van der Waals surface area contributed by atoms with E-state index in [1.54, 1.807) is 0 Å². The standard InChI is InChI=1S/C15H30N2O/c1-3-6-14(11-16-13-8-9-13)17-10-5-7-15(12-17)18-4-2/h13-16H,3-12H2,1-2H3. The van der Waals surface area contributed by atoms with Gasteiger partial charge in [0.05, 0.1) is 6.10 Å². The van der Waals surface area contributed by atoms with Gasteiger partial charge in [-0.15, -0.1) is 0 Å². The van der Waals surface area contributed by atoms with E-state index in [0.29, 0.717) is 6.10 Å². The van der Waals surface area contributed by atoms with E-state index in [1.807, 2.05) is 0 Å². The lowest BCUT2D eigenvalue weighted by molar-refractivity contribution is -0.00845. The average Bonchev–Trinajstić information content (AvgIpc) is 3.19. The maximum absolute atomic E-state index is 5.82. The van der Waals surface area contributed by atoms with Gasteiger partial charge in [0, 0.05) is 31.8 Å². The molecule has 2 unspecified atom stereocenters. The summed E-state index contributed by atoms with van der Waals surface area (Å²) in [5.74, 6) is 0. The van der Waals surface area contributed by atoms with Gasteiger partial charge < -0.3 is 10.1 Å². The van der Waals surface area contributed by atoms with E-state index >= 15 is 0 Å². The molecule has 1 aliphatic carbocycles. The summed E-state index contributed by atoms with van der Waals surface area (Å²) in [6.07, 6.45) is 8.41. The van der Waals surface area contributed by atoms with Gasteiger partial charge in [0.2, 0.25) is 0 Å². The van der Waals surface area contributed by atoms with Crippen molar-refractivity contribution >= 4 is 0 Å². The summed E-state index contributed by atoms with van der Waals surface area (Å²) in [7, 11) is 0. The fraction of sp³-hybridized carbons (Fsp3) is 1.00. The third kappa shape index (κ3) is 4.52. The summed E-state index contributed by atoms with van der Waals surface area (Å²) in [4.78, 5) is 2.67. The van der Waals surface area contributed by atoms with Gasteiger partial charge in [0.1, 0.15) is 0 Å². The lowest BCUT2D eigenvalue weighted by Gasteiger charge is -2.38. The predicted octanol–water partition coefficient (Wildman–Crippen LogP) is 2.41. The van der Waals surface area contributed by atoms with Gasteiger partial charge in [-0.25, -0.2) is 0 Å². The smallest absolute Gasteiger partial charge is 0.0702 e. The van der Waals surface area contributed by atoms with Gasteiger partial charge in [-0.05, 0) is 45.6 Å². The minimum absolute atomic E-state index is 0.476. The highest BCUT2D eigenvalue weighted by atomic mass is 16.5. The number of ether oxygens (including phenoxy) is 1. The summed E-state index contributed by atoms with van der Waals surface area (Å²) < 4.78 is 5.82. The number of hydrogen-bond acceptors (Lipinski definition) is 3. The van der Waals surface area contributed by atoms with Gasteiger partial charge in [0.15, 0.2) is 0 Å². The zero-order chi connectivity index (χ0) is 12.8. The molecule has 2 rings (SSSR count). The first-order valence-corrected chi connectivity index (χ1v) is 7.92. The van der Waals surface area contributed by atoms with E-state index in [2.05, 4.69) is 24.1 Å². The highest BCUT2D eigenvalue weighted by molar-refractivity contribution is 4.86. The van der Waals surface area contributed by atoms with Crippen LogP contribution in [0, 0.1) is 0 Å². The molecule has 0 aromatic heterocycles. The lowest BCUT2D eigenvalue weighted by Crippen LogP contribution is -2.49. The summed E-state index contributed by atoms with van der Waals surface area (Å²) in [6.45, 7) is 8.85. The molecule has 2 fully saturated rings. The van der Waals surface area contributed by atoms with Crippen molar-refractivity contribution in [2.45, 2.75) is 70.6 Å². The Morgan fingerprint density at radius 2 is 2.11 bits per heavy atom. The predicted molar refractivity (Wildman–Crippen MR) is 75.9 cm³/mol. The molecule has 106 valence electrons. The van der Waals surface area contributed by atoms with Crippen LogP contribution in [0.5, 0.6) is 0 Å². The molecule has 0 bridgehead atoms. The Morgan fingerprint density at radius 1 is 1.28 bits per heavy atom. The van der Waals surface area contributed by atoms with Crippen LogP contribution in [0.1, 0.15) is 52.4 Å². The molecular weight excluding hydrogens is 224 g/mol. The Balaban J connectivity index is 1.78. The number of nitrogens with zero attached hydrogens (tertiary/aromatic N) is 1. The number of likely N-dealkylation sites (tertiary alicyclic amines) is 1. The molecule has 1 saturated heterocycles. The molecule has 1 N–H and O–H groups in total. The second-order valence-electron chi connectivity index (χ2n) is 5.84. The summed E-state index contributed by atoms with van der Waals surface area (Å²) >= 11 is 0. The van der Waals surface area contributed by atoms with Crippen molar-refractivity contribution in [2.24, 2.45) is 0 Å². The summed E-state index contributed by atoms with van der Waals surface area (Å²) in [5.41, 5.74) is 0. The lowest BCUT2D eigenvalue weighted by atomic mass is 10.0. The third-order valence-electron chi connectivity index (χ3n) is 4.17. The molecule has 1 heterocycles. The molecule has 1 aliphatic heterocycles. The van der Waals surface area contributed by atoms with Crippen LogP contribution in [-0.2, 0) is 4.74 Å². The van der Waals surface area contributed by atoms with Crippen LogP contribution in [0.15, 0.2) is 0 Å². The van der Waals surface area contributed by atoms with Crippen molar-refractivity contribution in [3.8, 4) is 0 Å². The Labute approximate surface area is 112 Å². The monoisotopic (exact) mass is 254 g/mol. The quantitative estimate of drug-likeness (QED) is 0.720. The molecular formula is C15H30N2O. The number of rotatable bonds is 8. The normalized spacial score (nSPS) is 27.3. The first kappa shape index (κ1) is 14.3. The van der Waals surface area contributed by atoms with Crippen molar-refractivity contribution in [3.63, 3.8) is 0 Å². The fourth-order valence-corrected chi connectivity index (χ4v) is 3.01. The van der Waals surface area contributed by atoms with Crippen LogP contribution in [0.2, 0.25) is 0 Å². The van der Waals surface area contributed by atoms with Crippen LogP contribution in [-0.4, -0.2) is 49.3 Å². The maximum atomic E-state index is 5.82. The first-order valence-electron chi connectivity index (χ1n) is 7.92. The molecule has 2 aliphatic rings. The van der Waals surface area contributed by atoms with Crippen LogP contribution in [0.3, 0.4) is 0 Å². The Morgan fingerprint density at radius 3 is 2.78 bits per heavy atom. The highest BCUT2D eigenvalue weighted by Crippen LogP contribution is 2.21. The van der Waals surface area contributed by atoms with Crippen LogP contribution in [0.4, 0.5) is 0 Å². The molecule has 1 saturated carbocycles. The molecule has 0 radical (unpaired) electrons. The van der Waals surface area contributed by atoms with Crippen molar-refractivity contribution in [2.75, 3.05) is 26.2 Å². The number of nitrogens with one attached hydrogen (secondary N) is 1. The average molecular weight is 254 g/mol. The molecule has 2 atom stereocenters. The minimum Gasteiger partial charge on any atom is -0.377 e. The molecule has 0 aromatic rings. The zero-order valence-electron chi connectivity index (χ0n) is 12.2. The molecule has 3 heteroatoms. The fourth-order valence-electron chi connectivity index (χ4n) is 3.01. The van der Waals surface area contributed by atoms with E-state index in [4.69, 9.17) is 4.74 Å². The number of hydrogen-bond donors (Lipinski definition) is 1. The summed E-state index contributed by atoms with van der Waals surface area (Å²) in [6, 6.07) is 1.55. The Hall–Kier alpha value is -0.120. The van der Waals surface area contributed by atoms with E-state index in [9.17, 15) is 0 Å². The zero-order valence-corrected chi connectivity index (χ0v) is 12.2. The molecule has 18 heavy (non-hydrogen) atoms. The number of piperidine rings is 1. The Bertz CT molecular complexity index is 229. The van der Waals surface area contributed by atoms with Crippen molar-refractivity contribution in [1.82, 2.24) is 10.2 Å². The Kier molecular flexibility index (Phi) is 5.93. The van der Waals surface area contributed by atoms with Gasteiger partial charge >= 0.3 is 0 Å². The van der Waals surface area contributed by atoms with Crippen LogP contribution < -0.4 is 5.32 Å². The van der Waals surface area contributed by atoms with Crippen LogP contribution in [0.25, 0.3) is 0 Å². The highest BCUT2D eigenvalue weighted by Gasteiger charge is 2.27. The van der Waals surface area contributed by atoms with E-state index in [0.717, 1.165) is 25.2 Å². The largest absolute Gasteiger partial charge is 0.377 e. The minimum atomic E-state index is 0.476. The van der Waals surface area contributed by atoms with E-state index in [1.165, 1.54) is 51.6 Å². The molecule has 3 nitrogen and oxygen atoms in total. The molecule has 0 aromatic carbocycles. The van der Waals surface area contributed by atoms with Gasteiger partial charge in [-0.2, -0.15) is 0 Å². The van der Waals surface area contributed by atoms with Gasteiger partial charge in [0.25, 0.3) is 0 Å². The van der Waals surface area contributed by atoms with E-state index < -0.39 is 0 Å². The summed E-state index contributed by atoms with van der Waals surface area (Å²) in [5, 5.41) is 3.70. The molecule has 0 spiro atoms. The SMILES string of the molecule is CCCC(CNC1CC1)N1CCCC(OCC)C1. The van der Waals surface area contributed by atoms with Crippen molar-refractivity contribution in [3.05, 3.63) is 0 Å². The van der Waals surface area contributed by atoms with E-state index in [-0.39, 0.29) is 0 Å². The maximum Gasteiger partial charge on any atom is 0.0702 e. The van der Waals surface area contributed by atoms with Crippen molar-refractivity contribution < 1.29 is 4.74 Å². The van der Waals surface area contributed by atoms with Gasteiger partial charge in [-0.1, -0.05) is 13.3 Å².